The zero-order valence-electron chi connectivity index (χ0n) is 11.0. The summed E-state index contributed by atoms with van der Waals surface area (Å²) in [5, 5.41) is 0. The van der Waals surface area contributed by atoms with E-state index >= 15 is 0 Å². The highest BCUT2D eigenvalue weighted by Gasteiger charge is 2.13. The zero-order valence-corrected chi connectivity index (χ0v) is 11.0. The molecular weight excluding hydrogens is 224 g/mol. The van der Waals surface area contributed by atoms with Crippen LogP contribution in [0.25, 0.3) is 0 Å². The fourth-order valence-electron chi connectivity index (χ4n) is 2.12. The van der Waals surface area contributed by atoms with Gasteiger partial charge in [-0.3, -0.25) is 4.98 Å². The summed E-state index contributed by atoms with van der Waals surface area (Å²) in [4.78, 5) is 4.10. The first-order valence-electron chi connectivity index (χ1n) is 5.94. The highest BCUT2D eigenvalue weighted by atomic mass is 16.5. The van der Waals surface area contributed by atoms with Gasteiger partial charge < -0.3 is 10.5 Å². The van der Waals surface area contributed by atoms with Crippen LogP contribution in [0.1, 0.15) is 28.3 Å². The van der Waals surface area contributed by atoms with Gasteiger partial charge in [-0.15, -0.1) is 0 Å². The summed E-state index contributed by atoms with van der Waals surface area (Å²) in [6, 6.07) is 7.83. The minimum absolute atomic E-state index is 0.126. The zero-order chi connectivity index (χ0) is 13.1. The summed E-state index contributed by atoms with van der Waals surface area (Å²) >= 11 is 0. The number of rotatable bonds is 3. The van der Waals surface area contributed by atoms with E-state index in [1.807, 2.05) is 44.3 Å². The van der Waals surface area contributed by atoms with Gasteiger partial charge in [0.15, 0.2) is 0 Å². The number of nitrogens with two attached hydrogens (primary N) is 1. The van der Waals surface area contributed by atoms with Gasteiger partial charge in [0.1, 0.15) is 5.75 Å². The molecule has 1 aromatic carbocycles. The van der Waals surface area contributed by atoms with Crippen LogP contribution in [-0.2, 0) is 0 Å². The van der Waals surface area contributed by atoms with Gasteiger partial charge in [0, 0.05) is 12.4 Å². The Kier molecular flexibility index (Phi) is 3.63. The molecule has 3 nitrogen and oxygen atoms in total. The molecule has 2 N–H and O–H groups in total. The molecule has 2 rings (SSSR count). The van der Waals surface area contributed by atoms with Gasteiger partial charge in [0.25, 0.3) is 0 Å². The van der Waals surface area contributed by atoms with Crippen molar-refractivity contribution >= 4 is 0 Å². The molecule has 0 saturated carbocycles. The lowest BCUT2D eigenvalue weighted by Gasteiger charge is -2.17. The standard InChI is InChI=1S/C15H18N2O/c1-10-8-12(18-3)4-5-13(10)15(16)14-6-7-17-9-11(14)2/h4-9,15H,16H2,1-3H3. The summed E-state index contributed by atoms with van der Waals surface area (Å²) < 4.78 is 5.21. The van der Waals surface area contributed by atoms with E-state index in [2.05, 4.69) is 4.98 Å². The summed E-state index contributed by atoms with van der Waals surface area (Å²) in [5.41, 5.74) is 10.8. The molecule has 0 bridgehead atoms. The molecule has 3 heteroatoms. The maximum absolute atomic E-state index is 6.34. The van der Waals surface area contributed by atoms with E-state index in [-0.39, 0.29) is 6.04 Å². The maximum atomic E-state index is 6.34. The second-order valence-electron chi connectivity index (χ2n) is 4.43. The van der Waals surface area contributed by atoms with Gasteiger partial charge in [0.2, 0.25) is 0 Å². The molecule has 2 aromatic rings. The summed E-state index contributed by atoms with van der Waals surface area (Å²) in [5.74, 6) is 0.856. The number of hydrogen-bond donors (Lipinski definition) is 1. The minimum Gasteiger partial charge on any atom is -0.497 e. The second kappa shape index (κ2) is 5.19. The number of ether oxygens (including phenoxy) is 1. The lowest BCUT2D eigenvalue weighted by Crippen LogP contribution is -2.14. The van der Waals surface area contributed by atoms with Gasteiger partial charge >= 0.3 is 0 Å². The number of benzene rings is 1. The average molecular weight is 242 g/mol. The van der Waals surface area contributed by atoms with Gasteiger partial charge in [-0.25, -0.2) is 0 Å². The Balaban J connectivity index is 2.40. The van der Waals surface area contributed by atoms with Crippen LogP contribution in [0.3, 0.4) is 0 Å². The maximum Gasteiger partial charge on any atom is 0.119 e. The monoisotopic (exact) mass is 242 g/mol. The predicted octanol–water partition coefficient (Wildman–Crippen LogP) is 2.76. The van der Waals surface area contributed by atoms with Gasteiger partial charge in [0.05, 0.1) is 13.2 Å². The van der Waals surface area contributed by atoms with E-state index < -0.39 is 0 Å². The summed E-state index contributed by atoms with van der Waals surface area (Å²) in [6.07, 6.45) is 3.62. The van der Waals surface area contributed by atoms with Crippen molar-refractivity contribution in [2.24, 2.45) is 5.73 Å². The lowest BCUT2D eigenvalue weighted by atomic mass is 9.94. The van der Waals surface area contributed by atoms with Crippen molar-refractivity contribution in [3.8, 4) is 5.75 Å². The third-order valence-corrected chi connectivity index (χ3v) is 3.21. The first-order valence-corrected chi connectivity index (χ1v) is 5.94. The Bertz CT molecular complexity index is 552. The largest absolute Gasteiger partial charge is 0.497 e. The van der Waals surface area contributed by atoms with Crippen molar-refractivity contribution < 1.29 is 4.74 Å². The normalized spacial score (nSPS) is 12.2. The van der Waals surface area contributed by atoms with E-state index in [9.17, 15) is 0 Å². The molecule has 1 aromatic heterocycles. The van der Waals surface area contributed by atoms with Crippen LogP contribution < -0.4 is 10.5 Å². The van der Waals surface area contributed by atoms with Crippen molar-refractivity contribution in [1.82, 2.24) is 4.98 Å². The number of methoxy groups -OCH3 is 1. The third-order valence-electron chi connectivity index (χ3n) is 3.21. The third kappa shape index (κ3) is 2.36. The molecule has 0 saturated heterocycles. The first kappa shape index (κ1) is 12.6. The van der Waals surface area contributed by atoms with Gasteiger partial charge in [-0.05, 0) is 54.3 Å². The summed E-state index contributed by atoms with van der Waals surface area (Å²) in [7, 11) is 1.67. The Morgan fingerprint density at radius 3 is 2.44 bits per heavy atom. The van der Waals surface area contributed by atoms with Crippen molar-refractivity contribution in [2.75, 3.05) is 7.11 Å². The van der Waals surface area contributed by atoms with E-state index in [4.69, 9.17) is 10.5 Å². The van der Waals surface area contributed by atoms with Crippen LogP contribution in [0.5, 0.6) is 5.75 Å². The molecule has 0 amide bonds. The van der Waals surface area contributed by atoms with Gasteiger partial charge in [-0.1, -0.05) is 6.07 Å². The first-order chi connectivity index (χ1) is 8.63. The van der Waals surface area contributed by atoms with E-state index in [0.29, 0.717) is 0 Å². The predicted molar refractivity (Wildman–Crippen MR) is 72.7 cm³/mol. The SMILES string of the molecule is COc1ccc(C(N)c2ccncc2C)c(C)c1. The van der Waals surface area contributed by atoms with E-state index in [0.717, 1.165) is 28.0 Å². The molecule has 1 heterocycles. The molecule has 0 aliphatic rings. The second-order valence-corrected chi connectivity index (χ2v) is 4.43. The molecule has 0 fully saturated rings. The van der Waals surface area contributed by atoms with E-state index in [1.165, 1.54) is 0 Å². The van der Waals surface area contributed by atoms with Crippen molar-refractivity contribution in [2.45, 2.75) is 19.9 Å². The van der Waals surface area contributed by atoms with Crippen molar-refractivity contribution in [1.29, 1.82) is 0 Å². The molecule has 1 atom stereocenters. The van der Waals surface area contributed by atoms with Crippen molar-refractivity contribution in [3.63, 3.8) is 0 Å². The Morgan fingerprint density at radius 2 is 1.83 bits per heavy atom. The molecule has 0 aliphatic heterocycles. The highest BCUT2D eigenvalue weighted by molar-refractivity contribution is 5.42. The van der Waals surface area contributed by atoms with E-state index in [1.54, 1.807) is 13.3 Å². The molecule has 18 heavy (non-hydrogen) atoms. The van der Waals surface area contributed by atoms with Crippen LogP contribution in [0, 0.1) is 13.8 Å². The molecule has 1 unspecified atom stereocenters. The molecular formula is C15H18N2O. The van der Waals surface area contributed by atoms with Crippen LogP contribution >= 0.6 is 0 Å². The highest BCUT2D eigenvalue weighted by Crippen LogP contribution is 2.27. The molecule has 0 aliphatic carbocycles. The molecule has 0 radical (unpaired) electrons. The number of aromatic nitrogens is 1. The lowest BCUT2D eigenvalue weighted by molar-refractivity contribution is 0.414. The number of hydrogen-bond acceptors (Lipinski definition) is 3. The van der Waals surface area contributed by atoms with Crippen LogP contribution in [0.4, 0.5) is 0 Å². The minimum atomic E-state index is -0.126. The number of aryl methyl sites for hydroxylation is 2. The molecule has 0 spiro atoms. The van der Waals surface area contributed by atoms with Crippen LogP contribution in [0.15, 0.2) is 36.7 Å². The van der Waals surface area contributed by atoms with Crippen LogP contribution in [0.2, 0.25) is 0 Å². The average Bonchev–Trinajstić information content (AvgIpc) is 2.38. The van der Waals surface area contributed by atoms with Crippen LogP contribution in [-0.4, -0.2) is 12.1 Å². The smallest absolute Gasteiger partial charge is 0.119 e. The fourth-order valence-corrected chi connectivity index (χ4v) is 2.12. The number of pyridine rings is 1. The Hall–Kier alpha value is -1.87. The summed E-state index contributed by atoms with van der Waals surface area (Å²) in [6.45, 7) is 4.08. The Morgan fingerprint density at radius 1 is 1.11 bits per heavy atom. The van der Waals surface area contributed by atoms with Crippen molar-refractivity contribution in [3.05, 3.63) is 58.9 Å². The molecule has 94 valence electrons. The van der Waals surface area contributed by atoms with Gasteiger partial charge in [-0.2, -0.15) is 0 Å². The fraction of sp³-hybridized carbons (Fsp3) is 0.267. The Labute approximate surface area is 108 Å². The topological polar surface area (TPSA) is 48.1 Å². The number of nitrogens with zero attached hydrogens (tertiary/aromatic N) is 1. The quantitative estimate of drug-likeness (QED) is 0.900.